The summed E-state index contributed by atoms with van der Waals surface area (Å²) in [7, 11) is 1.58. The minimum atomic E-state index is -4.32. The third kappa shape index (κ3) is 4.93. The lowest BCUT2D eigenvalue weighted by Gasteiger charge is -2.13. The van der Waals surface area contributed by atoms with Crippen molar-refractivity contribution in [1.29, 1.82) is 0 Å². The zero-order valence-electron chi connectivity index (χ0n) is 12.0. The first-order chi connectivity index (χ1) is 10.0. The second-order valence-electron chi connectivity index (χ2n) is 4.61. The highest BCUT2D eigenvalue weighted by atomic mass is 35.5. The zero-order valence-corrected chi connectivity index (χ0v) is 12.8. The molecular weight excluding hydrogens is 315 g/mol. The fourth-order valence-electron chi connectivity index (χ4n) is 2.04. The Morgan fingerprint density at radius 1 is 0.955 bits per heavy atom. The van der Waals surface area contributed by atoms with Crippen molar-refractivity contribution in [1.82, 2.24) is 5.32 Å². The summed E-state index contributed by atoms with van der Waals surface area (Å²) < 4.78 is 43.6. The first kappa shape index (κ1) is 18.3. The van der Waals surface area contributed by atoms with Crippen LogP contribution in [0.4, 0.5) is 13.2 Å². The summed E-state index contributed by atoms with van der Waals surface area (Å²) in [5, 5.41) is 3.03. The van der Waals surface area contributed by atoms with Crippen LogP contribution in [0.15, 0.2) is 48.5 Å². The van der Waals surface area contributed by atoms with Crippen LogP contribution in [0, 0.1) is 0 Å². The lowest BCUT2D eigenvalue weighted by molar-refractivity contribution is -0.138. The van der Waals surface area contributed by atoms with Crippen LogP contribution in [0.2, 0.25) is 0 Å². The maximum Gasteiger partial charge on any atom is 0.416 e. The van der Waals surface area contributed by atoms with Crippen LogP contribution in [0.5, 0.6) is 5.75 Å². The molecule has 0 atom stereocenters. The molecule has 0 bridgehead atoms. The Hall–Kier alpha value is -1.72. The van der Waals surface area contributed by atoms with Crippen LogP contribution in [-0.4, -0.2) is 7.11 Å². The summed E-state index contributed by atoms with van der Waals surface area (Å²) >= 11 is 0. The number of benzene rings is 2. The summed E-state index contributed by atoms with van der Waals surface area (Å²) in [6.07, 6.45) is -4.32. The molecule has 2 rings (SSSR count). The maximum atomic E-state index is 12.8. The molecule has 2 nitrogen and oxygen atoms in total. The molecule has 1 N–H and O–H groups in total. The van der Waals surface area contributed by atoms with E-state index in [2.05, 4.69) is 5.32 Å². The number of methoxy groups -OCH3 is 1. The highest BCUT2D eigenvalue weighted by Crippen LogP contribution is 2.31. The summed E-state index contributed by atoms with van der Waals surface area (Å²) in [6, 6.07) is 13.0. The molecule has 120 valence electrons. The van der Waals surface area contributed by atoms with Gasteiger partial charge in [-0.2, -0.15) is 13.2 Å². The third-order valence-corrected chi connectivity index (χ3v) is 3.13. The highest BCUT2D eigenvalue weighted by Gasteiger charge is 2.32. The number of nitrogens with one attached hydrogen (secondary N) is 1. The Bertz CT molecular complexity index is 585. The predicted molar refractivity (Wildman–Crippen MR) is 82.2 cm³/mol. The quantitative estimate of drug-likeness (QED) is 0.875. The molecule has 0 amide bonds. The number of rotatable bonds is 5. The number of ether oxygens (including phenoxy) is 1. The SMILES string of the molecule is COc1ccc(CNCc2ccccc2C(F)(F)F)cc1.Cl. The number of hydrogen-bond donors (Lipinski definition) is 1. The van der Waals surface area contributed by atoms with Gasteiger partial charge in [-0.3, -0.25) is 0 Å². The molecule has 0 fully saturated rings. The Balaban J connectivity index is 0.00000242. The Morgan fingerprint density at radius 3 is 2.18 bits per heavy atom. The van der Waals surface area contributed by atoms with E-state index in [-0.39, 0.29) is 24.5 Å². The van der Waals surface area contributed by atoms with E-state index in [1.165, 1.54) is 12.1 Å². The van der Waals surface area contributed by atoms with E-state index in [0.717, 1.165) is 17.4 Å². The fraction of sp³-hybridized carbons (Fsp3) is 0.250. The summed E-state index contributed by atoms with van der Waals surface area (Å²) in [5.74, 6) is 0.751. The molecular formula is C16H17ClF3NO. The van der Waals surface area contributed by atoms with Gasteiger partial charge < -0.3 is 10.1 Å². The molecule has 0 saturated heterocycles. The van der Waals surface area contributed by atoms with Crippen LogP contribution >= 0.6 is 12.4 Å². The molecule has 0 radical (unpaired) electrons. The third-order valence-electron chi connectivity index (χ3n) is 3.13. The van der Waals surface area contributed by atoms with E-state index in [9.17, 15) is 13.2 Å². The van der Waals surface area contributed by atoms with Gasteiger partial charge in [0.25, 0.3) is 0 Å². The van der Waals surface area contributed by atoms with Gasteiger partial charge in [0.1, 0.15) is 5.75 Å². The van der Waals surface area contributed by atoms with Crippen molar-refractivity contribution < 1.29 is 17.9 Å². The summed E-state index contributed by atoms with van der Waals surface area (Å²) in [6.45, 7) is 0.665. The van der Waals surface area contributed by atoms with Crippen molar-refractivity contribution in [3.63, 3.8) is 0 Å². The molecule has 0 aromatic heterocycles. The fourth-order valence-corrected chi connectivity index (χ4v) is 2.04. The van der Waals surface area contributed by atoms with Crippen molar-refractivity contribution in [2.24, 2.45) is 0 Å². The largest absolute Gasteiger partial charge is 0.497 e. The average Bonchev–Trinajstić information content (AvgIpc) is 2.47. The van der Waals surface area contributed by atoms with Crippen LogP contribution in [0.1, 0.15) is 16.7 Å². The molecule has 2 aromatic rings. The molecule has 0 spiro atoms. The van der Waals surface area contributed by atoms with Gasteiger partial charge in [-0.25, -0.2) is 0 Å². The zero-order chi connectivity index (χ0) is 15.3. The molecule has 0 saturated carbocycles. The van der Waals surface area contributed by atoms with Crippen molar-refractivity contribution in [2.75, 3.05) is 7.11 Å². The minimum Gasteiger partial charge on any atom is -0.497 e. The first-order valence-electron chi connectivity index (χ1n) is 6.49. The molecule has 0 aliphatic carbocycles. The maximum absolute atomic E-state index is 12.8. The second-order valence-corrected chi connectivity index (χ2v) is 4.61. The van der Waals surface area contributed by atoms with Crippen molar-refractivity contribution in [3.05, 3.63) is 65.2 Å². The Morgan fingerprint density at radius 2 is 1.59 bits per heavy atom. The molecule has 22 heavy (non-hydrogen) atoms. The summed E-state index contributed by atoms with van der Waals surface area (Å²) in [5.41, 5.74) is 0.644. The van der Waals surface area contributed by atoms with Gasteiger partial charge in [0.05, 0.1) is 12.7 Å². The van der Waals surface area contributed by atoms with Crippen LogP contribution in [-0.2, 0) is 19.3 Å². The van der Waals surface area contributed by atoms with E-state index in [1.807, 2.05) is 24.3 Å². The van der Waals surface area contributed by atoms with E-state index < -0.39 is 11.7 Å². The van der Waals surface area contributed by atoms with Gasteiger partial charge in [0.2, 0.25) is 0 Å². The van der Waals surface area contributed by atoms with Gasteiger partial charge >= 0.3 is 6.18 Å². The Labute approximate surface area is 133 Å². The van der Waals surface area contributed by atoms with Crippen molar-refractivity contribution in [2.45, 2.75) is 19.3 Å². The standard InChI is InChI=1S/C16H16F3NO.ClH/c1-21-14-8-6-12(7-9-14)10-20-11-13-4-2-3-5-15(13)16(17,18)19;/h2-9,20H,10-11H2,1H3;1H. The van der Waals surface area contributed by atoms with Crippen molar-refractivity contribution >= 4 is 12.4 Å². The topological polar surface area (TPSA) is 21.3 Å². The smallest absolute Gasteiger partial charge is 0.416 e. The van der Waals surface area contributed by atoms with Crippen LogP contribution < -0.4 is 10.1 Å². The first-order valence-corrected chi connectivity index (χ1v) is 6.49. The monoisotopic (exact) mass is 331 g/mol. The molecule has 2 aromatic carbocycles. The lowest BCUT2D eigenvalue weighted by Crippen LogP contribution is -2.17. The number of halogens is 4. The van der Waals surface area contributed by atoms with E-state index >= 15 is 0 Å². The van der Waals surface area contributed by atoms with E-state index in [4.69, 9.17) is 4.74 Å². The molecule has 0 aliphatic rings. The van der Waals surface area contributed by atoms with Gasteiger partial charge in [0.15, 0.2) is 0 Å². The van der Waals surface area contributed by atoms with Crippen LogP contribution in [0.25, 0.3) is 0 Å². The predicted octanol–water partition coefficient (Wildman–Crippen LogP) is 4.43. The van der Waals surface area contributed by atoms with E-state index in [1.54, 1.807) is 13.2 Å². The van der Waals surface area contributed by atoms with Gasteiger partial charge in [-0.05, 0) is 29.3 Å². The van der Waals surface area contributed by atoms with E-state index in [0.29, 0.717) is 6.54 Å². The lowest BCUT2D eigenvalue weighted by atomic mass is 10.1. The van der Waals surface area contributed by atoms with Gasteiger partial charge in [0, 0.05) is 13.1 Å². The molecule has 6 heteroatoms. The highest BCUT2D eigenvalue weighted by molar-refractivity contribution is 5.85. The van der Waals surface area contributed by atoms with Crippen LogP contribution in [0.3, 0.4) is 0 Å². The Kier molecular flexibility index (Phi) is 6.71. The minimum absolute atomic E-state index is 0. The molecule has 0 aliphatic heterocycles. The second kappa shape index (κ2) is 8.06. The molecule has 0 unspecified atom stereocenters. The summed E-state index contributed by atoms with van der Waals surface area (Å²) in [4.78, 5) is 0. The average molecular weight is 332 g/mol. The van der Waals surface area contributed by atoms with Crippen molar-refractivity contribution in [3.8, 4) is 5.75 Å². The number of hydrogen-bond acceptors (Lipinski definition) is 2. The van der Waals surface area contributed by atoms with Gasteiger partial charge in [-0.15, -0.1) is 12.4 Å². The normalized spacial score (nSPS) is 10.9. The number of alkyl halides is 3. The molecule has 0 heterocycles. The van der Waals surface area contributed by atoms with Gasteiger partial charge in [-0.1, -0.05) is 30.3 Å².